The van der Waals surface area contributed by atoms with E-state index < -0.39 is 0 Å². The molecule has 1 heterocycles. The molecule has 0 bridgehead atoms. The van der Waals surface area contributed by atoms with Crippen molar-refractivity contribution in [2.75, 3.05) is 13.7 Å². The summed E-state index contributed by atoms with van der Waals surface area (Å²) in [6.45, 7) is 2.93. The van der Waals surface area contributed by atoms with Gasteiger partial charge in [-0.05, 0) is 43.4 Å². The molecule has 1 aliphatic heterocycles. The first-order valence-corrected chi connectivity index (χ1v) is 7.73. The number of nitrogens with zero attached hydrogens (tertiary/aromatic N) is 1. The molecular weight excluding hydrogens is 258 g/mol. The highest BCUT2D eigenvalue weighted by Gasteiger charge is 2.40. The van der Waals surface area contributed by atoms with E-state index in [2.05, 4.69) is 17.0 Å². The average molecular weight is 277 g/mol. The Hall–Kier alpha value is -1.16. The van der Waals surface area contributed by atoms with Gasteiger partial charge in [-0.2, -0.15) is 0 Å². The molecule has 2 fully saturated rings. The first-order valence-electron chi connectivity index (χ1n) is 6.79. The van der Waals surface area contributed by atoms with Crippen molar-refractivity contribution in [1.29, 1.82) is 0 Å². The van der Waals surface area contributed by atoms with Crippen LogP contribution in [0.25, 0.3) is 0 Å². The number of benzene rings is 1. The maximum atomic E-state index is 12.3. The van der Waals surface area contributed by atoms with Crippen LogP contribution in [0.5, 0.6) is 5.75 Å². The van der Waals surface area contributed by atoms with Crippen molar-refractivity contribution in [3.05, 3.63) is 29.8 Å². The third kappa shape index (κ3) is 2.59. The monoisotopic (exact) mass is 277 g/mol. The second-order valence-electron chi connectivity index (χ2n) is 5.34. The quantitative estimate of drug-likeness (QED) is 0.847. The van der Waals surface area contributed by atoms with Crippen LogP contribution in [0, 0.1) is 5.92 Å². The Morgan fingerprint density at radius 1 is 1.32 bits per heavy atom. The Bertz CT molecular complexity index is 470. The number of carbonyl (C=O) groups excluding carboxylic acids is 1. The van der Waals surface area contributed by atoms with Crippen molar-refractivity contribution >= 4 is 17.7 Å². The molecule has 1 amide bonds. The molecule has 4 heteroatoms. The van der Waals surface area contributed by atoms with Crippen molar-refractivity contribution in [3.63, 3.8) is 0 Å². The smallest absolute Gasteiger partial charge is 0.236 e. The van der Waals surface area contributed by atoms with Crippen molar-refractivity contribution in [2.24, 2.45) is 5.92 Å². The third-order valence-corrected chi connectivity index (χ3v) is 5.19. The van der Waals surface area contributed by atoms with Gasteiger partial charge in [-0.15, -0.1) is 11.8 Å². The van der Waals surface area contributed by atoms with Crippen LogP contribution in [0.3, 0.4) is 0 Å². The maximum Gasteiger partial charge on any atom is 0.236 e. The fraction of sp³-hybridized carbons (Fsp3) is 0.533. The molecule has 3 rings (SSSR count). The van der Waals surface area contributed by atoms with E-state index in [1.54, 1.807) is 18.9 Å². The minimum absolute atomic E-state index is 0.0749. The maximum absolute atomic E-state index is 12.3. The Kier molecular flexibility index (Phi) is 3.44. The van der Waals surface area contributed by atoms with Gasteiger partial charge in [0.05, 0.1) is 12.4 Å². The number of methoxy groups -OCH3 is 1. The van der Waals surface area contributed by atoms with Gasteiger partial charge in [0, 0.05) is 6.54 Å². The van der Waals surface area contributed by atoms with Crippen LogP contribution < -0.4 is 4.74 Å². The molecule has 0 N–H and O–H groups in total. The highest BCUT2D eigenvalue weighted by molar-refractivity contribution is 8.01. The molecule has 0 spiro atoms. The Morgan fingerprint density at radius 3 is 2.58 bits per heavy atom. The predicted octanol–water partition coefficient (Wildman–Crippen LogP) is 3.07. The van der Waals surface area contributed by atoms with E-state index in [4.69, 9.17) is 4.74 Å². The van der Waals surface area contributed by atoms with Gasteiger partial charge in [-0.25, -0.2) is 0 Å². The molecule has 0 radical (unpaired) electrons. The lowest BCUT2D eigenvalue weighted by molar-refractivity contribution is -0.130. The number of hydrogen-bond donors (Lipinski definition) is 0. The number of carbonyl (C=O) groups is 1. The summed E-state index contributed by atoms with van der Waals surface area (Å²) in [4.78, 5) is 14.3. The minimum Gasteiger partial charge on any atom is -0.497 e. The Balaban J connectivity index is 1.81. The van der Waals surface area contributed by atoms with E-state index in [1.165, 1.54) is 18.4 Å². The van der Waals surface area contributed by atoms with Crippen LogP contribution >= 0.6 is 11.8 Å². The molecule has 0 aromatic heterocycles. The molecular formula is C15H19NO2S. The minimum atomic E-state index is 0.0749. The molecule has 19 heavy (non-hydrogen) atoms. The molecule has 2 unspecified atom stereocenters. The van der Waals surface area contributed by atoms with Crippen molar-refractivity contribution in [1.82, 2.24) is 4.90 Å². The molecule has 2 atom stereocenters. The second kappa shape index (κ2) is 5.08. The fourth-order valence-electron chi connectivity index (χ4n) is 2.47. The number of rotatable bonds is 4. The number of ether oxygens (including phenoxy) is 1. The van der Waals surface area contributed by atoms with E-state index in [-0.39, 0.29) is 16.5 Å². The molecule has 1 aliphatic carbocycles. The number of amides is 1. The lowest BCUT2D eigenvalue weighted by Crippen LogP contribution is -2.32. The van der Waals surface area contributed by atoms with E-state index in [0.717, 1.165) is 18.2 Å². The normalized spacial score (nSPS) is 26.8. The van der Waals surface area contributed by atoms with E-state index in [0.29, 0.717) is 0 Å². The van der Waals surface area contributed by atoms with Crippen LogP contribution in [-0.2, 0) is 4.79 Å². The lowest BCUT2D eigenvalue weighted by Gasteiger charge is -2.24. The van der Waals surface area contributed by atoms with Crippen LogP contribution in [0.4, 0.5) is 0 Å². The fourth-order valence-corrected chi connectivity index (χ4v) is 3.76. The summed E-state index contributed by atoms with van der Waals surface area (Å²) in [6, 6.07) is 8.08. The van der Waals surface area contributed by atoms with Gasteiger partial charge in [0.25, 0.3) is 0 Å². The Morgan fingerprint density at radius 2 is 2.00 bits per heavy atom. The third-order valence-electron chi connectivity index (χ3n) is 3.80. The first kappa shape index (κ1) is 12.9. The van der Waals surface area contributed by atoms with Crippen LogP contribution in [-0.4, -0.2) is 29.7 Å². The van der Waals surface area contributed by atoms with E-state index in [9.17, 15) is 4.79 Å². The summed E-state index contributed by atoms with van der Waals surface area (Å²) in [7, 11) is 1.67. The summed E-state index contributed by atoms with van der Waals surface area (Å²) < 4.78 is 5.19. The van der Waals surface area contributed by atoms with Gasteiger partial charge in [-0.3, -0.25) is 4.79 Å². The zero-order valence-electron chi connectivity index (χ0n) is 11.3. The van der Waals surface area contributed by atoms with Gasteiger partial charge in [0.15, 0.2) is 0 Å². The molecule has 1 aromatic carbocycles. The molecule has 1 aromatic rings. The van der Waals surface area contributed by atoms with Crippen LogP contribution in [0.2, 0.25) is 0 Å². The summed E-state index contributed by atoms with van der Waals surface area (Å²) in [5.41, 5.74) is 1.20. The van der Waals surface area contributed by atoms with Gasteiger partial charge in [0.2, 0.25) is 5.91 Å². The summed E-state index contributed by atoms with van der Waals surface area (Å²) in [5, 5.41) is 0.250. The summed E-state index contributed by atoms with van der Waals surface area (Å²) in [6.07, 6.45) is 2.55. The molecule has 1 saturated heterocycles. The van der Waals surface area contributed by atoms with Crippen molar-refractivity contribution in [2.45, 2.75) is 30.4 Å². The zero-order chi connectivity index (χ0) is 13.4. The zero-order valence-corrected chi connectivity index (χ0v) is 12.2. The molecule has 2 aliphatic rings. The largest absolute Gasteiger partial charge is 0.497 e. The Labute approximate surface area is 118 Å². The van der Waals surface area contributed by atoms with E-state index >= 15 is 0 Å². The molecule has 1 saturated carbocycles. The number of thioether (sulfide) groups is 1. The topological polar surface area (TPSA) is 29.5 Å². The van der Waals surface area contributed by atoms with Crippen molar-refractivity contribution in [3.8, 4) is 5.75 Å². The van der Waals surface area contributed by atoms with Crippen molar-refractivity contribution < 1.29 is 9.53 Å². The van der Waals surface area contributed by atoms with Gasteiger partial charge in [0.1, 0.15) is 11.1 Å². The van der Waals surface area contributed by atoms with Gasteiger partial charge < -0.3 is 9.64 Å². The SMILES string of the molecule is COc1ccc(C2SC(C)C(=O)N2CC2CC2)cc1. The summed E-state index contributed by atoms with van der Waals surface area (Å²) >= 11 is 1.75. The number of hydrogen-bond acceptors (Lipinski definition) is 3. The summed E-state index contributed by atoms with van der Waals surface area (Å²) in [5.74, 6) is 1.88. The molecule has 102 valence electrons. The second-order valence-corrected chi connectivity index (χ2v) is 6.76. The first-order chi connectivity index (χ1) is 9.19. The standard InChI is InChI=1S/C15H19NO2S/c1-10-14(17)16(9-11-3-4-11)15(19-10)12-5-7-13(18-2)8-6-12/h5-8,10-11,15H,3-4,9H2,1-2H3. The van der Waals surface area contributed by atoms with Gasteiger partial charge in [-0.1, -0.05) is 12.1 Å². The predicted molar refractivity (Wildman–Crippen MR) is 77.2 cm³/mol. The van der Waals surface area contributed by atoms with Gasteiger partial charge >= 0.3 is 0 Å². The highest BCUT2D eigenvalue weighted by Crippen LogP contribution is 2.45. The molecule has 3 nitrogen and oxygen atoms in total. The van der Waals surface area contributed by atoms with Crippen LogP contribution in [0.1, 0.15) is 30.7 Å². The van der Waals surface area contributed by atoms with E-state index in [1.807, 2.05) is 19.1 Å². The highest BCUT2D eigenvalue weighted by atomic mass is 32.2. The van der Waals surface area contributed by atoms with Crippen LogP contribution in [0.15, 0.2) is 24.3 Å². The lowest BCUT2D eigenvalue weighted by atomic mass is 10.2. The average Bonchev–Trinajstić information content (AvgIpc) is 3.21.